The van der Waals surface area contributed by atoms with Crippen LogP contribution >= 0.6 is 15.9 Å². The average molecular weight is 477 g/mol. The molecule has 0 unspecified atom stereocenters. The van der Waals surface area contributed by atoms with Gasteiger partial charge < -0.3 is 4.90 Å². The van der Waals surface area contributed by atoms with Gasteiger partial charge in [0.2, 0.25) is 0 Å². The van der Waals surface area contributed by atoms with Crippen molar-refractivity contribution in [2.24, 2.45) is 0 Å². The fraction of sp³-hybridized carbons (Fsp3) is 0.333. The Balaban J connectivity index is 1.68. The minimum Gasteiger partial charge on any atom is -0.331 e. The van der Waals surface area contributed by atoms with Crippen molar-refractivity contribution in [2.45, 2.75) is 50.2 Å². The van der Waals surface area contributed by atoms with Crippen LogP contribution in [-0.2, 0) is 16.6 Å². The summed E-state index contributed by atoms with van der Waals surface area (Å²) in [6.07, 6.45) is 1.87. The van der Waals surface area contributed by atoms with E-state index in [0.717, 1.165) is 27.2 Å². The molecular formula is C21H21BrN2O4S. The summed E-state index contributed by atoms with van der Waals surface area (Å²) in [4.78, 5) is 27.5. The second kappa shape index (κ2) is 7.25. The lowest BCUT2D eigenvalue weighted by Gasteiger charge is -2.23. The summed E-state index contributed by atoms with van der Waals surface area (Å²) in [5.74, 6) is -0.761. The second-order valence-electron chi connectivity index (χ2n) is 7.70. The first-order chi connectivity index (χ1) is 13.7. The number of hydrogen-bond acceptors (Lipinski definition) is 4. The molecular weight excluding hydrogens is 456 g/mol. The van der Waals surface area contributed by atoms with E-state index in [4.69, 9.17) is 0 Å². The number of nitrogens with zero attached hydrogens (tertiary/aromatic N) is 2. The van der Waals surface area contributed by atoms with Gasteiger partial charge in [-0.1, -0.05) is 28.1 Å². The van der Waals surface area contributed by atoms with Gasteiger partial charge >= 0.3 is 0 Å². The van der Waals surface area contributed by atoms with Gasteiger partial charge in [0, 0.05) is 28.7 Å². The molecule has 2 amide bonds. The van der Waals surface area contributed by atoms with Gasteiger partial charge in [-0.3, -0.25) is 9.59 Å². The molecule has 0 N–H and O–H groups in total. The predicted octanol–water partition coefficient (Wildman–Crippen LogP) is 3.81. The van der Waals surface area contributed by atoms with Gasteiger partial charge in [-0.05, 0) is 62.6 Å². The number of fused-ring (bicyclic) bond motifs is 1. The summed E-state index contributed by atoms with van der Waals surface area (Å²) >= 11 is 3.45. The van der Waals surface area contributed by atoms with Gasteiger partial charge in [0.15, 0.2) is 0 Å². The zero-order valence-electron chi connectivity index (χ0n) is 16.1. The van der Waals surface area contributed by atoms with E-state index in [9.17, 15) is 18.0 Å². The monoisotopic (exact) mass is 476 g/mol. The number of halogens is 1. The van der Waals surface area contributed by atoms with Crippen LogP contribution < -0.4 is 0 Å². The third-order valence-corrected chi connectivity index (χ3v) is 7.65. The smallest absolute Gasteiger partial charge is 0.269 e. The minimum atomic E-state index is -3.94. The number of benzene rings is 2. The number of rotatable bonds is 5. The zero-order valence-corrected chi connectivity index (χ0v) is 18.5. The highest BCUT2D eigenvalue weighted by Crippen LogP contribution is 2.34. The van der Waals surface area contributed by atoms with E-state index < -0.39 is 22.0 Å². The molecule has 8 heteroatoms. The summed E-state index contributed by atoms with van der Waals surface area (Å²) in [5.41, 5.74) is 1.41. The molecule has 6 nitrogen and oxygen atoms in total. The Bertz CT molecular complexity index is 1110. The van der Waals surface area contributed by atoms with E-state index >= 15 is 0 Å². The van der Waals surface area contributed by atoms with Gasteiger partial charge in [-0.25, -0.2) is 12.7 Å². The fourth-order valence-corrected chi connectivity index (χ4v) is 5.88. The van der Waals surface area contributed by atoms with E-state index in [-0.39, 0.29) is 28.0 Å². The molecule has 29 heavy (non-hydrogen) atoms. The molecule has 2 aliphatic rings. The first-order valence-electron chi connectivity index (χ1n) is 9.48. The van der Waals surface area contributed by atoms with Gasteiger partial charge in [0.05, 0.1) is 5.56 Å². The number of carbonyl (C=O) groups excluding carboxylic acids is 2. The third kappa shape index (κ3) is 3.59. The van der Waals surface area contributed by atoms with Crippen LogP contribution in [0.1, 0.15) is 53.0 Å². The lowest BCUT2D eigenvalue weighted by Crippen LogP contribution is -2.36. The Hall–Kier alpha value is -2.19. The molecule has 152 valence electrons. The van der Waals surface area contributed by atoms with Crippen LogP contribution in [0.25, 0.3) is 0 Å². The van der Waals surface area contributed by atoms with Crippen molar-refractivity contribution < 1.29 is 18.0 Å². The number of sulfonamides is 1. The van der Waals surface area contributed by atoms with Crippen LogP contribution in [0.5, 0.6) is 0 Å². The van der Waals surface area contributed by atoms with Crippen LogP contribution in [0.4, 0.5) is 0 Å². The lowest BCUT2D eigenvalue weighted by atomic mass is 10.1. The third-order valence-electron chi connectivity index (χ3n) is 5.16. The molecule has 1 heterocycles. The largest absolute Gasteiger partial charge is 0.331 e. The van der Waals surface area contributed by atoms with Gasteiger partial charge in [0.1, 0.15) is 4.90 Å². The maximum absolute atomic E-state index is 13.2. The van der Waals surface area contributed by atoms with E-state index in [1.54, 1.807) is 24.8 Å². The Kier molecular flexibility index (Phi) is 5.02. The average Bonchev–Trinajstić information content (AvgIpc) is 3.47. The quantitative estimate of drug-likeness (QED) is 0.657. The van der Waals surface area contributed by atoms with Crippen molar-refractivity contribution in [2.75, 3.05) is 0 Å². The highest BCUT2D eigenvalue weighted by molar-refractivity contribution is 9.10. The van der Waals surface area contributed by atoms with Gasteiger partial charge in [0.25, 0.3) is 21.8 Å². The zero-order chi connectivity index (χ0) is 20.9. The SMILES string of the molecule is CC(C)N1C(=O)c2ccc(C(=O)N(Cc3cccc(Br)c3)C3CC3)cc2S1(=O)=O. The molecule has 0 bridgehead atoms. The van der Waals surface area contributed by atoms with E-state index in [1.807, 2.05) is 24.3 Å². The minimum absolute atomic E-state index is 0.0831. The molecule has 0 radical (unpaired) electrons. The normalized spacial score (nSPS) is 17.5. The number of amides is 2. The van der Waals surface area contributed by atoms with Gasteiger partial charge in [-0.2, -0.15) is 0 Å². The van der Waals surface area contributed by atoms with Crippen molar-refractivity contribution in [3.05, 3.63) is 63.6 Å². The molecule has 0 aromatic heterocycles. The van der Waals surface area contributed by atoms with Gasteiger partial charge in [-0.15, -0.1) is 0 Å². The summed E-state index contributed by atoms with van der Waals surface area (Å²) in [6, 6.07) is 11.8. The van der Waals surface area contributed by atoms with Crippen LogP contribution in [0, 0.1) is 0 Å². The van der Waals surface area contributed by atoms with E-state index in [0.29, 0.717) is 6.54 Å². The molecule has 1 aliphatic carbocycles. The highest BCUT2D eigenvalue weighted by atomic mass is 79.9. The van der Waals surface area contributed by atoms with Crippen molar-refractivity contribution in [1.82, 2.24) is 9.21 Å². The molecule has 2 aromatic rings. The summed E-state index contributed by atoms with van der Waals surface area (Å²) in [7, 11) is -3.94. The first kappa shape index (κ1) is 20.1. The first-order valence-corrected chi connectivity index (χ1v) is 11.7. The fourth-order valence-electron chi connectivity index (χ4n) is 3.64. The van der Waals surface area contributed by atoms with E-state index in [1.165, 1.54) is 12.1 Å². The van der Waals surface area contributed by atoms with Crippen molar-refractivity contribution in [1.29, 1.82) is 0 Å². The summed E-state index contributed by atoms with van der Waals surface area (Å²) < 4.78 is 27.5. The van der Waals surface area contributed by atoms with Crippen LogP contribution in [-0.4, -0.2) is 41.5 Å². The van der Waals surface area contributed by atoms with Crippen molar-refractivity contribution in [3.63, 3.8) is 0 Å². The van der Waals surface area contributed by atoms with Crippen LogP contribution in [0.15, 0.2) is 51.8 Å². The molecule has 0 atom stereocenters. The van der Waals surface area contributed by atoms with Crippen LogP contribution in [0.3, 0.4) is 0 Å². The molecule has 2 aromatic carbocycles. The Morgan fingerprint density at radius 2 is 1.93 bits per heavy atom. The maximum atomic E-state index is 13.2. The molecule has 1 aliphatic heterocycles. The Labute approximate surface area is 178 Å². The van der Waals surface area contributed by atoms with Crippen molar-refractivity contribution >= 4 is 37.8 Å². The molecule has 1 fully saturated rings. The highest BCUT2D eigenvalue weighted by Gasteiger charge is 2.43. The second-order valence-corrected chi connectivity index (χ2v) is 10.4. The lowest BCUT2D eigenvalue weighted by molar-refractivity contribution is 0.0728. The number of carbonyl (C=O) groups is 2. The summed E-state index contributed by atoms with van der Waals surface area (Å²) in [5, 5.41) is 0. The molecule has 1 saturated carbocycles. The van der Waals surface area contributed by atoms with Crippen LogP contribution in [0.2, 0.25) is 0 Å². The van der Waals surface area contributed by atoms with E-state index in [2.05, 4.69) is 15.9 Å². The standard InChI is InChI=1S/C21H21BrN2O4S/c1-13(2)24-21(26)18-9-6-15(11-19(18)29(24,27)28)20(25)23(17-7-8-17)12-14-4-3-5-16(22)10-14/h3-6,9-11,13,17H,7-8,12H2,1-2H3. The Morgan fingerprint density at radius 1 is 1.21 bits per heavy atom. The number of hydrogen-bond donors (Lipinski definition) is 0. The topological polar surface area (TPSA) is 74.8 Å². The Morgan fingerprint density at radius 3 is 2.55 bits per heavy atom. The predicted molar refractivity (Wildman–Crippen MR) is 112 cm³/mol. The summed E-state index contributed by atoms with van der Waals surface area (Å²) in [6.45, 7) is 3.75. The van der Waals surface area contributed by atoms with Crippen molar-refractivity contribution in [3.8, 4) is 0 Å². The maximum Gasteiger partial charge on any atom is 0.269 e. The molecule has 4 rings (SSSR count). The molecule has 0 saturated heterocycles. The molecule has 0 spiro atoms.